The lowest BCUT2D eigenvalue weighted by molar-refractivity contribution is 0.542. The molecule has 0 saturated carbocycles. The second-order valence-electron chi connectivity index (χ2n) is 3.66. The first kappa shape index (κ1) is 16.2. The minimum Gasteiger partial charge on any atom is -0.329 e. The third-order valence-corrected chi connectivity index (χ3v) is 5.23. The molecule has 1 aromatic rings. The summed E-state index contributed by atoms with van der Waals surface area (Å²) in [6, 6.07) is 2.61. The first-order chi connectivity index (χ1) is 8.31. The van der Waals surface area contributed by atoms with Crippen LogP contribution in [0.4, 0.5) is 0 Å². The summed E-state index contributed by atoms with van der Waals surface area (Å²) in [5.74, 6) is 0. The number of rotatable bonds is 5. The normalized spacial score (nSPS) is 13.6. The minimum atomic E-state index is -3.78. The highest BCUT2D eigenvalue weighted by Crippen LogP contribution is 2.32. The number of halogens is 3. The SMILES string of the molecule is CCC(CN)NS(=O)(=O)c1c(Cl)cc(Br)cc1Cl. The van der Waals surface area contributed by atoms with Crippen molar-refractivity contribution in [3.63, 3.8) is 0 Å². The molecule has 0 amide bonds. The highest BCUT2D eigenvalue weighted by atomic mass is 79.9. The molecule has 0 saturated heterocycles. The van der Waals surface area contributed by atoms with E-state index in [1.807, 2.05) is 6.92 Å². The van der Waals surface area contributed by atoms with Crippen LogP contribution in [0.3, 0.4) is 0 Å². The summed E-state index contributed by atoms with van der Waals surface area (Å²) in [7, 11) is -3.78. The maximum atomic E-state index is 12.2. The van der Waals surface area contributed by atoms with Gasteiger partial charge in [0.15, 0.2) is 0 Å². The van der Waals surface area contributed by atoms with Gasteiger partial charge in [-0.2, -0.15) is 0 Å². The fraction of sp³-hybridized carbons (Fsp3) is 0.400. The van der Waals surface area contributed by atoms with E-state index in [9.17, 15) is 8.42 Å². The maximum Gasteiger partial charge on any atom is 0.243 e. The average molecular weight is 376 g/mol. The predicted molar refractivity (Wildman–Crippen MR) is 77.6 cm³/mol. The smallest absolute Gasteiger partial charge is 0.243 e. The van der Waals surface area contributed by atoms with Crippen LogP contribution in [0.15, 0.2) is 21.5 Å². The Hall–Kier alpha value is 0.150. The Bertz CT molecular complexity index is 510. The molecule has 1 atom stereocenters. The van der Waals surface area contributed by atoms with Gasteiger partial charge in [-0.1, -0.05) is 46.1 Å². The fourth-order valence-corrected chi connectivity index (χ4v) is 4.63. The minimum absolute atomic E-state index is 0.0637. The predicted octanol–water partition coefficient (Wildman–Crippen LogP) is 2.77. The number of nitrogens with two attached hydrogens (primary N) is 1. The van der Waals surface area contributed by atoms with Crippen LogP contribution in [0.25, 0.3) is 0 Å². The van der Waals surface area contributed by atoms with E-state index in [1.54, 1.807) is 0 Å². The Kier molecular flexibility index (Phi) is 5.89. The molecule has 0 radical (unpaired) electrons. The van der Waals surface area contributed by atoms with Crippen molar-refractivity contribution in [1.82, 2.24) is 4.72 Å². The van der Waals surface area contributed by atoms with Gasteiger partial charge in [-0.15, -0.1) is 0 Å². The molecule has 1 unspecified atom stereocenters. The molecule has 0 aliphatic heterocycles. The van der Waals surface area contributed by atoms with E-state index in [2.05, 4.69) is 20.7 Å². The van der Waals surface area contributed by atoms with Gasteiger partial charge in [0.05, 0.1) is 10.0 Å². The molecule has 1 rings (SSSR count). The van der Waals surface area contributed by atoms with Crippen LogP contribution in [0.1, 0.15) is 13.3 Å². The van der Waals surface area contributed by atoms with Crippen LogP contribution >= 0.6 is 39.1 Å². The van der Waals surface area contributed by atoms with Gasteiger partial charge >= 0.3 is 0 Å². The van der Waals surface area contributed by atoms with E-state index in [0.29, 0.717) is 10.9 Å². The van der Waals surface area contributed by atoms with Gasteiger partial charge in [0.1, 0.15) is 4.90 Å². The third kappa shape index (κ3) is 3.82. The molecule has 102 valence electrons. The molecule has 0 bridgehead atoms. The lowest BCUT2D eigenvalue weighted by Crippen LogP contribution is -2.39. The molecule has 0 spiro atoms. The Labute approximate surface area is 125 Å². The van der Waals surface area contributed by atoms with Crippen molar-refractivity contribution in [3.05, 3.63) is 26.7 Å². The zero-order valence-electron chi connectivity index (χ0n) is 9.58. The van der Waals surface area contributed by atoms with Crippen molar-refractivity contribution in [2.45, 2.75) is 24.3 Å². The van der Waals surface area contributed by atoms with Crippen molar-refractivity contribution in [1.29, 1.82) is 0 Å². The summed E-state index contributed by atoms with van der Waals surface area (Å²) in [5.41, 5.74) is 5.47. The van der Waals surface area contributed by atoms with E-state index >= 15 is 0 Å². The average Bonchev–Trinajstić information content (AvgIpc) is 2.23. The molecule has 1 aromatic carbocycles. The lowest BCUT2D eigenvalue weighted by Gasteiger charge is -2.16. The van der Waals surface area contributed by atoms with Crippen molar-refractivity contribution < 1.29 is 8.42 Å². The van der Waals surface area contributed by atoms with E-state index < -0.39 is 10.0 Å². The molecule has 8 heteroatoms. The lowest BCUT2D eigenvalue weighted by atomic mass is 10.2. The van der Waals surface area contributed by atoms with E-state index in [-0.39, 0.29) is 27.5 Å². The Morgan fingerprint density at radius 3 is 2.28 bits per heavy atom. The monoisotopic (exact) mass is 374 g/mol. The summed E-state index contributed by atoms with van der Waals surface area (Å²) < 4.78 is 27.4. The van der Waals surface area contributed by atoms with Crippen molar-refractivity contribution in [2.24, 2.45) is 5.73 Å². The van der Waals surface area contributed by atoms with Gasteiger partial charge in [-0.05, 0) is 18.6 Å². The van der Waals surface area contributed by atoms with Crippen LogP contribution in [0.2, 0.25) is 10.0 Å². The molecule has 0 heterocycles. The number of hydrogen-bond donors (Lipinski definition) is 2. The zero-order valence-corrected chi connectivity index (χ0v) is 13.5. The van der Waals surface area contributed by atoms with Crippen LogP contribution in [-0.4, -0.2) is 21.0 Å². The Morgan fingerprint density at radius 1 is 1.39 bits per heavy atom. The standard InChI is InChI=1S/C10H13BrCl2N2O2S/c1-2-7(5-14)15-18(16,17)10-8(12)3-6(11)4-9(10)13/h3-4,7,15H,2,5,14H2,1H3. The summed E-state index contributed by atoms with van der Waals surface area (Å²) >= 11 is 15.0. The van der Waals surface area contributed by atoms with Crippen molar-refractivity contribution >= 4 is 49.2 Å². The quantitative estimate of drug-likeness (QED) is 0.830. The van der Waals surface area contributed by atoms with Gasteiger partial charge in [-0.3, -0.25) is 0 Å². The van der Waals surface area contributed by atoms with Crippen LogP contribution in [0.5, 0.6) is 0 Å². The molecule has 0 aliphatic rings. The molecular weight excluding hydrogens is 363 g/mol. The van der Waals surface area contributed by atoms with Gasteiger partial charge in [0.25, 0.3) is 0 Å². The fourth-order valence-electron chi connectivity index (χ4n) is 1.36. The molecule has 0 aromatic heterocycles. The Balaban J connectivity index is 3.21. The second-order valence-corrected chi connectivity index (χ2v) is 7.04. The van der Waals surface area contributed by atoms with Gasteiger partial charge in [0, 0.05) is 17.1 Å². The highest BCUT2D eigenvalue weighted by molar-refractivity contribution is 9.10. The van der Waals surface area contributed by atoms with Crippen molar-refractivity contribution in [3.8, 4) is 0 Å². The molecule has 0 fully saturated rings. The van der Waals surface area contributed by atoms with E-state index in [4.69, 9.17) is 28.9 Å². The third-order valence-electron chi connectivity index (χ3n) is 2.33. The summed E-state index contributed by atoms with van der Waals surface area (Å²) in [4.78, 5) is -0.124. The maximum absolute atomic E-state index is 12.2. The zero-order chi connectivity index (χ0) is 13.9. The van der Waals surface area contributed by atoms with Crippen LogP contribution < -0.4 is 10.5 Å². The molecule has 18 heavy (non-hydrogen) atoms. The number of nitrogens with one attached hydrogen (secondary N) is 1. The first-order valence-corrected chi connectivity index (χ1v) is 8.22. The second kappa shape index (κ2) is 6.54. The van der Waals surface area contributed by atoms with E-state index in [1.165, 1.54) is 12.1 Å². The van der Waals surface area contributed by atoms with Crippen LogP contribution in [-0.2, 0) is 10.0 Å². The summed E-state index contributed by atoms with van der Waals surface area (Å²) in [6.07, 6.45) is 0.585. The summed E-state index contributed by atoms with van der Waals surface area (Å²) in [5, 5.41) is 0.127. The first-order valence-electron chi connectivity index (χ1n) is 5.18. The topological polar surface area (TPSA) is 72.2 Å². The molecular formula is C10H13BrCl2N2O2S. The van der Waals surface area contributed by atoms with Gasteiger partial charge in [-0.25, -0.2) is 13.1 Å². The summed E-state index contributed by atoms with van der Waals surface area (Å²) in [6.45, 7) is 2.05. The molecule has 3 N–H and O–H groups in total. The Morgan fingerprint density at radius 2 is 1.89 bits per heavy atom. The van der Waals surface area contributed by atoms with E-state index in [0.717, 1.165) is 0 Å². The van der Waals surface area contributed by atoms with Crippen molar-refractivity contribution in [2.75, 3.05) is 6.54 Å². The molecule has 0 aliphatic carbocycles. The highest BCUT2D eigenvalue weighted by Gasteiger charge is 2.24. The number of benzene rings is 1. The van der Waals surface area contributed by atoms with Crippen LogP contribution in [0, 0.1) is 0 Å². The largest absolute Gasteiger partial charge is 0.329 e. The number of sulfonamides is 1. The molecule has 4 nitrogen and oxygen atoms in total. The van der Waals surface area contributed by atoms with Gasteiger partial charge < -0.3 is 5.73 Å². The number of hydrogen-bond acceptors (Lipinski definition) is 3. The van der Waals surface area contributed by atoms with Gasteiger partial charge in [0.2, 0.25) is 10.0 Å².